The smallest absolute Gasteiger partial charge is 0.496 e. The van der Waals surface area contributed by atoms with Crippen molar-refractivity contribution in [2.75, 3.05) is 20.8 Å². The van der Waals surface area contributed by atoms with E-state index < -0.39 is 24.5 Å². The van der Waals surface area contributed by atoms with Crippen LogP contribution in [-0.2, 0) is 14.0 Å². The minimum Gasteiger partial charge on any atom is -0.496 e. The predicted octanol–water partition coefficient (Wildman–Crippen LogP) is 2.56. The van der Waals surface area contributed by atoms with Crippen LogP contribution in [0.4, 0.5) is 4.39 Å². The van der Waals surface area contributed by atoms with E-state index in [0.717, 1.165) is 12.5 Å². The van der Waals surface area contributed by atoms with E-state index in [0.29, 0.717) is 6.61 Å². The van der Waals surface area contributed by atoms with Crippen molar-refractivity contribution in [3.63, 3.8) is 0 Å². The SMILES string of the molecule is CCOB(OC(C)(C)CC)c1cc(OC)c(C(=O)OC)cc1F. The average molecular weight is 326 g/mol. The third kappa shape index (κ3) is 4.94. The molecule has 5 nitrogen and oxygen atoms in total. The van der Waals surface area contributed by atoms with Crippen LogP contribution in [0.1, 0.15) is 44.5 Å². The first-order valence-electron chi connectivity index (χ1n) is 7.54. The Morgan fingerprint density at radius 1 is 1.26 bits per heavy atom. The zero-order chi connectivity index (χ0) is 17.6. The first-order valence-corrected chi connectivity index (χ1v) is 7.54. The van der Waals surface area contributed by atoms with Gasteiger partial charge in [-0.25, -0.2) is 9.18 Å². The third-order valence-electron chi connectivity index (χ3n) is 3.57. The lowest BCUT2D eigenvalue weighted by molar-refractivity contribution is 0.0595. The summed E-state index contributed by atoms with van der Waals surface area (Å²) in [5.41, 5.74) is -0.292. The fourth-order valence-corrected chi connectivity index (χ4v) is 1.90. The van der Waals surface area contributed by atoms with Crippen LogP contribution < -0.4 is 10.2 Å². The van der Waals surface area contributed by atoms with Crippen LogP contribution in [0.3, 0.4) is 0 Å². The second kappa shape index (κ2) is 8.31. The van der Waals surface area contributed by atoms with E-state index in [9.17, 15) is 9.18 Å². The molecule has 0 aromatic heterocycles. The van der Waals surface area contributed by atoms with Gasteiger partial charge < -0.3 is 18.8 Å². The van der Waals surface area contributed by atoms with Gasteiger partial charge in [0.25, 0.3) is 0 Å². The first kappa shape index (κ1) is 19.5. The second-order valence-electron chi connectivity index (χ2n) is 5.58. The molecule has 7 heteroatoms. The number of methoxy groups -OCH3 is 2. The minimum atomic E-state index is -0.893. The average Bonchev–Trinajstić information content (AvgIpc) is 2.53. The van der Waals surface area contributed by atoms with Gasteiger partial charge in [-0.1, -0.05) is 6.92 Å². The summed E-state index contributed by atoms with van der Waals surface area (Å²) in [7, 11) is 1.73. The lowest BCUT2D eigenvalue weighted by Crippen LogP contribution is -2.45. The van der Waals surface area contributed by atoms with E-state index in [1.807, 2.05) is 20.8 Å². The molecule has 0 bridgehead atoms. The summed E-state index contributed by atoms with van der Waals surface area (Å²) in [5, 5.41) is 0. The van der Waals surface area contributed by atoms with E-state index in [4.69, 9.17) is 14.0 Å². The van der Waals surface area contributed by atoms with Crippen molar-refractivity contribution in [3.05, 3.63) is 23.5 Å². The highest BCUT2D eigenvalue weighted by Crippen LogP contribution is 2.22. The Morgan fingerprint density at radius 2 is 1.91 bits per heavy atom. The number of hydrogen-bond donors (Lipinski definition) is 0. The molecular weight excluding hydrogens is 302 g/mol. The van der Waals surface area contributed by atoms with Gasteiger partial charge in [-0.3, -0.25) is 0 Å². The Bertz CT molecular complexity index is 548. The maximum atomic E-state index is 14.5. The van der Waals surface area contributed by atoms with Gasteiger partial charge >= 0.3 is 13.1 Å². The highest BCUT2D eigenvalue weighted by Gasteiger charge is 2.33. The molecule has 1 rings (SSSR count). The van der Waals surface area contributed by atoms with Gasteiger partial charge in [0.15, 0.2) is 0 Å². The topological polar surface area (TPSA) is 54.0 Å². The van der Waals surface area contributed by atoms with Crippen molar-refractivity contribution in [1.29, 1.82) is 0 Å². The number of benzene rings is 1. The Hall–Kier alpha value is -1.60. The molecule has 1 aromatic carbocycles. The summed E-state index contributed by atoms with van der Waals surface area (Å²) in [6, 6.07) is 2.49. The number of rotatable bonds is 8. The Kier molecular flexibility index (Phi) is 7.03. The van der Waals surface area contributed by atoms with Crippen LogP contribution in [0.25, 0.3) is 0 Å². The van der Waals surface area contributed by atoms with E-state index in [1.54, 1.807) is 6.92 Å². The van der Waals surface area contributed by atoms with E-state index in [2.05, 4.69) is 4.74 Å². The van der Waals surface area contributed by atoms with Crippen molar-refractivity contribution >= 4 is 18.6 Å². The maximum Gasteiger partial charge on any atom is 0.497 e. The molecule has 0 aliphatic carbocycles. The van der Waals surface area contributed by atoms with Crippen LogP contribution in [0.2, 0.25) is 0 Å². The lowest BCUT2D eigenvalue weighted by Gasteiger charge is -2.28. The number of carbonyl (C=O) groups excluding carboxylic acids is 1. The van der Waals surface area contributed by atoms with Gasteiger partial charge in [0.2, 0.25) is 0 Å². The molecule has 0 saturated heterocycles. The third-order valence-corrected chi connectivity index (χ3v) is 3.57. The van der Waals surface area contributed by atoms with Crippen molar-refractivity contribution in [2.45, 2.75) is 39.7 Å². The predicted molar refractivity (Wildman–Crippen MR) is 86.8 cm³/mol. The molecule has 0 aliphatic rings. The summed E-state index contributed by atoms with van der Waals surface area (Å²) < 4.78 is 35.7. The summed E-state index contributed by atoms with van der Waals surface area (Å²) >= 11 is 0. The molecule has 0 heterocycles. The number of ether oxygens (including phenoxy) is 2. The number of hydrogen-bond acceptors (Lipinski definition) is 5. The zero-order valence-electron chi connectivity index (χ0n) is 14.6. The van der Waals surface area contributed by atoms with E-state index in [-0.39, 0.29) is 16.8 Å². The highest BCUT2D eigenvalue weighted by molar-refractivity contribution is 6.61. The molecule has 0 amide bonds. The second-order valence-corrected chi connectivity index (χ2v) is 5.58. The lowest BCUT2D eigenvalue weighted by atomic mass is 9.76. The van der Waals surface area contributed by atoms with Crippen LogP contribution in [0.15, 0.2) is 12.1 Å². The highest BCUT2D eigenvalue weighted by atomic mass is 19.1. The molecule has 0 atom stereocenters. The normalized spacial score (nSPS) is 11.3. The zero-order valence-corrected chi connectivity index (χ0v) is 14.6. The van der Waals surface area contributed by atoms with Gasteiger partial charge in [-0.05, 0) is 39.3 Å². The van der Waals surface area contributed by atoms with Crippen molar-refractivity contribution < 1.29 is 28.0 Å². The van der Waals surface area contributed by atoms with Gasteiger partial charge in [0.1, 0.15) is 17.1 Å². The van der Waals surface area contributed by atoms with Crippen LogP contribution in [0, 0.1) is 5.82 Å². The summed E-state index contributed by atoms with van der Waals surface area (Å²) in [5.74, 6) is -1.08. The first-order chi connectivity index (χ1) is 10.8. The summed E-state index contributed by atoms with van der Waals surface area (Å²) in [4.78, 5) is 11.7. The molecule has 1 aromatic rings. The van der Waals surface area contributed by atoms with Gasteiger partial charge in [0.05, 0.1) is 14.2 Å². The van der Waals surface area contributed by atoms with Crippen LogP contribution in [-0.4, -0.2) is 39.5 Å². The summed E-state index contributed by atoms with van der Waals surface area (Å²) in [6.07, 6.45) is 0.732. The molecule has 0 spiro atoms. The Morgan fingerprint density at radius 3 is 2.39 bits per heavy atom. The maximum absolute atomic E-state index is 14.5. The van der Waals surface area contributed by atoms with Crippen LogP contribution >= 0.6 is 0 Å². The molecule has 0 unspecified atom stereocenters. The fraction of sp³-hybridized carbons (Fsp3) is 0.562. The number of carbonyl (C=O) groups is 1. The molecule has 0 radical (unpaired) electrons. The monoisotopic (exact) mass is 326 g/mol. The fourth-order valence-electron chi connectivity index (χ4n) is 1.90. The molecule has 128 valence electrons. The van der Waals surface area contributed by atoms with Gasteiger partial charge in [-0.15, -0.1) is 0 Å². The quantitative estimate of drug-likeness (QED) is 0.543. The van der Waals surface area contributed by atoms with Crippen molar-refractivity contribution in [3.8, 4) is 5.75 Å². The van der Waals surface area contributed by atoms with E-state index in [1.165, 1.54) is 20.3 Å². The number of halogens is 1. The molecular formula is C16H24BFO5. The van der Waals surface area contributed by atoms with Crippen LogP contribution in [0.5, 0.6) is 5.75 Å². The molecule has 23 heavy (non-hydrogen) atoms. The minimum absolute atomic E-state index is 0.0150. The molecule has 0 N–H and O–H groups in total. The van der Waals surface area contributed by atoms with Gasteiger partial charge in [-0.2, -0.15) is 0 Å². The molecule has 0 fully saturated rings. The molecule has 0 aliphatic heterocycles. The summed E-state index contributed by atoms with van der Waals surface area (Å²) in [6.45, 7) is 7.92. The largest absolute Gasteiger partial charge is 0.497 e. The standard InChI is InChI=1S/C16H24BFO5/c1-7-16(3,4)23-17(22-8-2)12-10-14(20-5)11(9-13(12)18)15(19)21-6/h9-10H,7-8H2,1-6H3. The Labute approximate surface area is 137 Å². The van der Waals surface area contributed by atoms with Gasteiger partial charge in [0, 0.05) is 17.7 Å². The Balaban J connectivity index is 3.29. The molecule has 0 saturated carbocycles. The van der Waals surface area contributed by atoms with E-state index >= 15 is 0 Å². The number of esters is 1. The van der Waals surface area contributed by atoms with Crippen molar-refractivity contribution in [1.82, 2.24) is 0 Å². The van der Waals surface area contributed by atoms with Crippen molar-refractivity contribution in [2.24, 2.45) is 0 Å².